The molecular weight excluding hydrogens is 130 g/mol. The van der Waals surface area contributed by atoms with Crippen molar-refractivity contribution in [2.45, 2.75) is 6.92 Å². The van der Waals surface area contributed by atoms with E-state index >= 15 is 0 Å². The summed E-state index contributed by atoms with van der Waals surface area (Å²) in [5.41, 5.74) is 0.516. The lowest BCUT2D eigenvalue weighted by Crippen LogP contribution is -2.12. The van der Waals surface area contributed by atoms with Gasteiger partial charge in [-0.25, -0.2) is 4.79 Å². The monoisotopic (exact) mass is 141 g/mol. The normalized spacial score (nSPS) is 24.8. The zero-order valence-corrected chi connectivity index (χ0v) is 6.16. The number of nitrogens with zero attached hydrogens (tertiary/aromatic N) is 1. The molecule has 0 aromatic heterocycles. The molecule has 1 heterocycles. The van der Waals surface area contributed by atoms with Gasteiger partial charge in [0.25, 0.3) is 0 Å². The van der Waals surface area contributed by atoms with Crippen LogP contribution < -0.4 is 0 Å². The van der Waals surface area contributed by atoms with Crippen molar-refractivity contribution >= 4 is 5.97 Å². The van der Waals surface area contributed by atoms with Crippen LogP contribution >= 0.6 is 0 Å². The Morgan fingerprint density at radius 3 is 2.70 bits per heavy atom. The summed E-state index contributed by atoms with van der Waals surface area (Å²) in [5.74, 6) is -0.626. The van der Waals surface area contributed by atoms with Gasteiger partial charge in [-0.2, -0.15) is 0 Å². The van der Waals surface area contributed by atoms with Crippen molar-refractivity contribution in [2.75, 3.05) is 13.6 Å². The Morgan fingerprint density at radius 2 is 2.50 bits per heavy atom. The molecule has 0 fully saturated rings. The van der Waals surface area contributed by atoms with E-state index in [2.05, 4.69) is 0 Å². The van der Waals surface area contributed by atoms with Crippen molar-refractivity contribution in [1.82, 2.24) is 4.90 Å². The van der Waals surface area contributed by atoms with Crippen molar-refractivity contribution in [3.8, 4) is 0 Å². The molecule has 0 saturated heterocycles. The van der Waals surface area contributed by atoms with Gasteiger partial charge in [0.1, 0.15) is 0 Å². The van der Waals surface area contributed by atoms with E-state index in [1.807, 2.05) is 18.9 Å². The lowest BCUT2D eigenvalue weighted by Gasteiger charge is -2.06. The molecule has 1 aliphatic rings. The Hall–Kier alpha value is -0.990. The second kappa shape index (κ2) is 2.33. The van der Waals surface area contributed by atoms with E-state index in [1.54, 1.807) is 6.20 Å². The van der Waals surface area contributed by atoms with Crippen molar-refractivity contribution in [2.24, 2.45) is 5.92 Å². The molecule has 1 atom stereocenters. The molecular formula is C7H11NO2. The summed E-state index contributed by atoms with van der Waals surface area (Å²) in [6.45, 7) is 2.74. The zero-order valence-electron chi connectivity index (χ0n) is 6.16. The molecule has 3 heteroatoms. The van der Waals surface area contributed by atoms with Crippen molar-refractivity contribution < 1.29 is 9.90 Å². The zero-order chi connectivity index (χ0) is 7.72. The fourth-order valence-electron chi connectivity index (χ4n) is 1.21. The van der Waals surface area contributed by atoms with E-state index in [1.165, 1.54) is 0 Å². The van der Waals surface area contributed by atoms with Crippen LogP contribution in [0.5, 0.6) is 0 Å². The van der Waals surface area contributed by atoms with Gasteiger partial charge in [-0.3, -0.25) is 0 Å². The van der Waals surface area contributed by atoms with Gasteiger partial charge in [0.2, 0.25) is 0 Å². The summed E-state index contributed by atoms with van der Waals surface area (Å²) < 4.78 is 0. The standard InChI is InChI=1S/C7H11NO2/c1-5-3-8(2)4-6(5)7(9)10/h4-5H,3H2,1-2H3,(H,9,10). The van der Waals surface area contributed by atoms with Crippen LogP contribution in [0.4, 0.5) is 0 Å². The third kappa shape index (κ3) is 1.12. The molecule has 1 N–H and O–H groups in total. The third-order valence-corrected chi connectivity index (χ3v) is 1.70. The Balaban J connectivity index is 2.75. The van der Waals surface area contributed by atoms with E-state index in [4.69, 9.17) is 5.11 Å². The van der Waals surface area contributed by atoms with E-state index < -0.39 is 5.97 Å². The van der Waals surface area contributed by atoms with E-state index in [0.29, 0.717) is 5.57 Å². The van der Waals surface area contributed by atoms with E-state index in [9.17, 15) is 4.79 Å². The summed E-state index contributed by atoms with van der Waals surface area (Å²) in [7, 11) is 1.88. The summed E-state index contributed by atoms with van der Waals surface area (Å²) in [6.07, 6.45) is 1.69. The van der Waals surface area contributed by atoms with E-state index in [-0.39, 0.29) is 5.92 Å². The van der Waals surface area contributed by atoms with Crippen molar-refractivity contribution in [3.05, 3.63) is 11.8 Å². The molecule has 0 spiro atoms. The molecule has 1 unspecified atom stereocenters. The molecule has 0 aromatic rings. The minimum absolute atomic E-state index is 0.169. The van der Waals surface area contributed by atoms with Gasteiger partial charge in [-0.1, -0.05) is 6.92 Å². The SMILES string of the molecule is CC1CN(C)C=C1C(=O)O. The minimum atomic E-state index is -0.795. The van der Waals surface area contributed by atoms with Gasteiger partial charge < -0.3 is 10.0 Å². The summed E-state index contributed by atoms with van der Waals surface area (Å²) in [6, 6.07) is 0. The molecule has 1 aliphatic heterocycles. The molecule has 56 valence electrons. The number of carbonyl (C=O) groups is 1. The number of hydrogen-bond acceptors (Lipinski definition) is 2. The second-order valence-corrected chi connectivity index (χ2v) is 2.73. The molecule has 10 heavy (non-hydrogen) atoms. The first-order chi connectivity index (χ1) is 4.61. The second-order valence-electron chi connectivity index (χ2n) is 2.73. The fourth-order valence-corrected chi connectivity index (χ4v) is 1.21. The number of rotatable bonds is 1. The molecule has 0 bridgehead atoms. The highest BCUT2D eigenvalue weighted by molar-refractivity contribution is 5.87. The topological polar surface area (TPSA) is 40.5 Å². The van der Waals surface area contributed by atoms with Gasteiger partial charge in [0, 0.05) is 25.7 Å². The smallest absolute Gasteiger partial charge is 0.333 e. The lowest BCUT2D eigenvalue weighted by atomic mass is 10.1. The molecule has 0 radical (unpaired) electrons. The predicted octanol–water partition coefficient (Wildman–Crippen LogP) is 0.536. The first-order valence-electron chi connectivity index (χ1n) is 3.26. The van der Waals surface area contributed by atoms with Crippen LogP contribution in [0.3, 0.4) is 0 Å². The van der Waals surface area contributed by atoms with Crippen molar-refractivity contribution in [1.29, 1.82) is 0 Å². The molecule has 0 aliphatic carbocycles. The van der Waals surface area contributed by atoms with Gasteiger partial charge in [0.05, 0.1) is 5.57 Å². The maximum atomic E-state index is 10.5. The van der Waals surface area contributed by atoms with Gasteiger partial charge in [0.15, 0.2) is 0 Å². The number of carboxylic acids is 1. The summed E-state index contributed by atoms with van der Waals surface area (Å²) in [5, 5.41) is 8.61. The van der Waals surface area contributed by atoms with Crippen LogP contribution in [0.25, 0.3) is 0 Å². The van der Waals surface area contributed by atoms with Crippen LogP contribution in [0.1, 0.15) is 6.92 Å². The lowest BCUT2D eigenvalue weighted by molar-refractivity contribution is -0.133. The summed E-state index contributed by atoms with van der Waals surface area (Å²) >= 11 is 0. The largest absolute Gasteiger partial charge is 0.478 e. The Kier molecular flexibility index (Phi) is 1.66. The first-order valence-corrected chi connectivity index (χ1v) is 3.26. The fraction of sp³-hybridized carbons (Fsp3) is 0.571. The molecule has 3 nitrogen and oxygen atoms in total. The first kappa shape index (κ1) is 7.12. The number of carboxylic acid groups (broad SMARTS) is 1. The highest BCUT2D eigenvalue weighted by Gasteiger charge is 2.22. The predicted molar refractivity (Wildman–Crippen MR) is 37.5 cm³/mol. The highest BCUT2D eigenvalue weighted by Crippen LogP contribution is 2.19. The minimum Gasteiger partial charge on any atom is -0.478 e. The van der Waals surface area contributed by atoms with Crippen molar-refractivity contribution in [3.63, 3.8) is 0 Å². The Morgan fingerprint density at radius 1 is 1.90 bits per heavy atom. The summed E-state index contributed by atoms with van der Waals surface area (Å²) in [4.78, 5) is 12.4. The molecule has 0 saturated carbocycles. The van der Waals surface area contributed by atoms with Gasteiger partial charge in [-0.15, -0.1) is 0 Å². The van der Waals surface area contributed by atoms with Gasteiger partial charge >= 0.3 is 5.97 Å². The van der Waals surface area contributed by atoms with Crippen LogP contribution in [-0.4, -0.2) is 29.6 Å². The third-order valence-electron chi connectivity index (χ3n) is 1.70. The highest BCUT2D eigenvalue weighted by atomic mass is 16.4. The average Bonchev–Trinajstić information content (AvgIpc) is 2.10. The molecule has 1 rings (SSSR count). The van der Waals surface area contributed by atoms with E-state index in [0.717, 1.165) is 6.54 Å². The quantitative estimate of drug-likeness (QED) is 0.579. The van der Waals surface area contributed by atoms with Crippen LogP contribution in [0.2, 0.25) is 0 Å². The number of aliphatic carboxylic acids is 1. The van der Waals surface area contributed by atoms with Crippen LogP contribution in [0.15, 0.2) is 11.8 Å². The Bertz CT molecular complexity index is 186. The number of hydrogen-bond donors (Lipinski definition) is 1. The maximum absolute atomic E-state index is 10.5. The molecule has 0 aromatic carbocycles. The average molecular weight is 141 g/mol. The van der Waals surface area contributed by atoms with Crippen LogP contribution in [0, 0.1) is 5.92 Å². The van der Waals surface area contributed by atoms with Gasteiger partial charge in [-0.05, 0) is 0 Å². The van der Waals surface area contributed by atoms with Crippen LogP contribution in [-0.2, 0) is 4.79 Å². The Labute approximate surface area is 59.9 Å². The molecule has 0 amide bonds. The maximum Gasteiger partial charge on any atom is 0.333 e.